The first-order valence-electron chi connectivity index (χ1n) is 8.73. The summed E-state index contributed by atoms with van der Waals surface area (Å²) in [6, 6.07) is 14.1. The number of aromatic amines is 1. The van der Waals surface area contributed by atoms with E-state index in [0.717, 1.165) is 43.6 Å². The molecule has 4 aromatic rings. The van der Waals surface area contributed by atoms with E-state index < -0.39 is 0 Å². The molecular formula is C20H20ClN5S. The van der Waals surface area contributed by atoms with Gasteiger partial charge in [-0.3, -0.25) is 5.10 Å². The zero-order valence-corrected chi connectivity index (χ0v) is 16.4. The number of aryl methyl sites for hydroxylation is 1. The molecule has 2 heterocycles. The topological polar surface area (TPSA) is 79.6 Å². The fourth-order valence-corrected chi connectivity index (χ4v) is 3.94. The highest BCUT2D eigenvalue weighted by molar-refractivity contribution is 7.18. The van der Waals surface area contributed by atoms with Crippen molar-refractivity contribution in [2.75, 3.05) is 11.9 Å². The normalized spacial score (nSPS) is 12.4. The van der Waals surface area contributed by atoms with Gasteiger partial charge >= 0.3 is 0 Å². The lowest BCUT2D eigenvalue weighted by Gasteiger charge is -2.12. The summed E-state index contributed by atoms with van der Waals surface area (Å²) in [5.41, 5.74) is 10.6. The van der Waals surface area contributed by atoms with Crippen LogP contribution in [0.4, 0.5) is 5.13 Å². The maximum Gasteiger partial charge on any atom is 0.183 e. The third-order valence-electron chi connectivity index (χ3n) is 4.46. The number of hydrogen-bond donors (Lipinski definition) is 3. The summed E-state index contributed by atoms with van der Waals surface area (Å²) in [6.45, 7) is 2.69. The highest BCUT2D eigenvalue weighted by atomic mass is 35.5. The molecule has 4 N–H and O–H groups in total. The van der Waals surface area contributed by atoms with Crippen LogP contribution >= 0.6 is 22.9 Å². The van der Waals surface area contributed by atoms with Crippen LogP contribution in [0.15, 0.2) is 48.7 Å². The van der Waals surface area contributed by atoms with Crippen LogP contribution in [0.5, 0.6) is 0 Å². The Morgan fingerprint density at radius 2 is 2.04 bits per heavy atom. The molecule has 4 rings (SSSR count). The lowest BCUT2D eigenvalue weighted by Crippen LogP contribution is -2.31. The Bertz CT molecular complexity index is 1050. The molecule has 0 fully saturated rings. The fourth-order valence-electron chi connectivity index (χ4n) is 2.99. The minimum absolute atomic E-state index is 0.00320. The first kappa shape index (κ1) is 18.0. The molecule has 0 radical (unpaired) electrons. The minimum Gasteiger partial charge on any atom is -0.360 e. The molecule has 2 aromatic carbocycles. The molecule has 1 atom stereocenters. The van der Waals surface area contributed by atoms with E-state index in [4.69, 9.17) is 17.3 Å². The zero-order chi connectivity index (χ0) is 18.8. The van der Waals surface area contributed by atoms with Crippen LogP contribution in [0, 0.1) is 6.92 Å². The van der Waals surface area contributed by atoms with Crippen molar-refractivity contribution >= 4 is 39.0 Å². The second-order valence-corrected chi connectivity index (χ2v) is 8.05. The molecule has 0 saturated heterocycles. The van der Waals surface area contributed by atoms with Crippen molar-refractivity contribution in [1.82, 2.24) is 15.2 Å². The van der Waals surface area contributed by atoms with E-state index in [-0.39, 0.29) is 6.04 Å². The van der Waals surface area contributed by atoms with E-state index in [1.54, 1.807) is 11.3 Å². The molecule has 0 amide bonds. The molecule has 0 bridgehead atoms. The first-order valence-corrected chi connectivity index (χ1v) is 9.93. The Kier molecular flexibility index (Phi) is 5.11. The molecule has 7 heteroatoms. The van der Waals surface area contributed by atoms with Crippen LogP contribution in [0.3, 0.4) is 0 Å². The number of hydrogen-bond acceptors (Lipinski definition) is 5. The zero-order valence-electron chi connectivity index (χ0n) is 14.9. The molecular weight excluding hydrogens is 378 g/mol. The monoisotopic (exact) mass is 397 g/mol. The quantitative estimate of drug-likeness (QED) is 0.443. The molecule has 0 aliphatic carbocycles. The van der Waals surface area contributed by atoms with E-state index in [2.05, 4.69) is 32.6 Å². The Labute approximate surface area is 166 Å². The van der Waals surface area contributed by atoms with Crippen LogP contribution in [0.1, 0.15) is 11.3 Å². The molecule has 0 unspecified atom stereocenters. The smallest absolute Gasteiger partial charge is 0.183 e. The fraction of sp³-hybridized carbons (Fsp3) is 0.200. The van der Waals surface area contributed by atoms with Gasteiger partial charge in [0.1, 0.15) is 0 Å². The number of thiazole rings is 1. The Balaban J connectivity index is 1.40. The largest absolute Gasteiger partial charge is 0.360 e. The van der Waals surface area contributed by atoms with Gasteiger partial charge in [0.25, 0.3) is 0 Å². The van der Waals surface area contributed by atoms with E-state index in [1.807, 2.05) is 43.5 Å². The molecule has 0 saturated carbocycles. The predicted octanol–water partition coefficient (Wildman–Crippen LogP) is 4.63. The Morgan fingerprint density at radius 1 is 1.22 bits per heavy atom. The number of benzene rings is 2. The van der Waals surface area contributed by atoms with Crippen LogP contribution < -0.4 is 11.1 Å². The lowest BCUT2D eigenvalue weighted by molar-refractivity contribution is 0.699. The van der Waals surface area contributed by atoms with Crippen LogP contribution in [0.25, 0.3) is 21.3 Å². The highest BCUT2D eigenvalue weighted by Crippen LogP contribution is 2.31. The van der Waals surface area contributed by atoms with Crippen molar-refractivity contribution in [2.24, 2.45) is 5.73 Å². The van der Waals surface area contributed by atoms with Crippen molar-refractivity contribution in [3.8, 4) is 10.4 Å². The summed E-state index contributed by atoms with van der Waals surface area (Å²) in [5.74, 6) is 0. The van der Waals surface area contributed by atoms with Gasteiger partial charge in [-0.2, -0.15) is 5.10 Å². The summed E-state index contributed by atoms with van der Waals surface area (Å²) >= 11 is 7.55. The van der Waals surface area contributed by atoms with Crippen LogP contribution in [0.2, 0.25) is 5.02 Å². The van der Waals surface area contributed by atoms with Crippen molar-refractivity contribution in [3.63, 3.8) is 0 Å². The number of aromatic nitrogens is 3. The number of fused-ring (bicyclic) bond motifs is 1. The highest BCUT2D eigenvalue weighted by Gasteiger charge is 2.09. The molecule has 27 heavy (non-hydrogen) atoms. The molecule has 138 valence electrons. The second-order valence-electron chi connectivity index (χ2n) is 6.58. The van der Waals surface area contributed by atoms with Crippen molar-refractivity contribution in [1.29, 1.82) is 0 Å². The molecule has 0 spiro atoms. The molecule has 2 aromatic heterocycles. The number of halogens is 1. The standard InChI is InChI=1S/C20H20ClN5S/c1-12-17-9-14(4-7-18(17)26-25-12)19-11-24-20(27-19)23-10-16(22)8-13-2-5-15(21)6-3-13/h2-7,9,11,16H,8,10,22H2,1H3,(H,23,24)(H,25,26)/t16-/m0/s1. The number of H-pyrrole nitrogens is 1. The van der Waals surface area contributed by atoms with Gasteiger partial charge in [-0.05, 0) is 48.7 Å². The molecule has 5 nitrogen and oxygen atoms in total. The number of nitrogens with zero attached hydrogens (tertiary/aromatic N) is 2. The third-order valence-corrected chi connectivity index (χ3v) is 5.72. The van der Waals surface area contributed by atoms with Gasteiger partial charge in [0.05, 0.1) is 10.4 Å². The SMILES string of the molecule is Cc1[nH]nc2ccc(-c3cnc(NC[C@@H](N)Cc4ccc(Cl)cc4)s3)cc12. The average Bonchev–Trinajstić information content (AvgIpc) is 3.29. The van der Waals surface area contributed by atoms with Gasteiger partial charge in [0, 0.05) is 34.9 Å². The predicted molar refractivity (Wildman–Crippen MR) is 114 cm³/mol. The van der Waals surface area contributed by atoms with E-state index in [0.29, 0.717) is 6.54 Å². The van der Waals surface area contributed by atoms with Gasteiger partial charge in [-0.25, -0.2) is 4.98 Å². The summed E-state index contributed by atoms with van der Waals surface area (Å²) in [6.07, 6.45) is 2.69. The summed E-state index contributed by atoms with van der Waals surface area (Å²) < 4.78 is 0. The van der Waals surface area contributed by atoms with E-state index in [9.17, 15) is 0 Å². The third kappa shape index (κ3) is 4.13. The number of nitrogens with one attached hydrogen (secondary N) is 2. The Morgan fingerprint density at radius 3 is 2.85 bits per heavy atom. The van der Waals surface area contributed by atoms with Crippen LogP contribution in [-0.2, 0) is 6.42 Å². The first-order chi connectivity index (χ1) is 13.1. The van der Waals surface area contributed by atoms with Gasteiger partial charge in [-0.15, -0.1) is 0 Å². The van der Waals surface area contributed by atoms with Gasteiger partial charge in [0.2, 0.25) is 0 Å². The maximum atomic E-state index is 6.25. The maximum absolute atomic E-state index is 6.25. The van der Waals surface area contributed by atoms with Crippen molar-refractivity contribution in [2.45, 2.75) is 19.4 Å². The summed E-state index contributed by atoms with van der Waals surface area (Å²) in [7, 11) is 0. The number of anilines is 1. The van der Waals surface area contributed by atoms with Crippen molar-refractivity contribution in [3.05, 3.63) is 64.9 Å². The van der Waals surface area contributed by atoms with E-state index in [1.165, 1.54) is 5.56 Å². The van der Waals surface area contributed by atoms with E-state index >= 15 is 0 Å². The van der Waals surface area contributed by atoms with Crippen LogP contribution in [-0.4, -0.2) is 27.8 Å². The Hall–Kier alpha value is -2.41. The molecule has 0 aliphatic rings. The van der Waals surface area contributed by atoms with Gasteiger partial charge in [-0.1, -0.05) is 41.1 Å². The average molecular weight is 398 g/mol. The lowest BCUT2D eigenvalue weighted by atomic mass is 10.1. The van der Waals surface area contributed by atoms with Crippen molar-refractivity contribution < 1.29 is 0 Å². The summed E-state index contributed by atoms with van der Waals surface area (Å²) in [5, 5.41) is 13.4. The van der Waals surface area contributed by atoms with Gasteiger partial charge < -0.3 is 11.1 Å². The second kappa shape index (κ2) is 7.68. The molecule has 0 aliphatic heterocycles. The van der Waals surface area contributed by atoms with Gasteiger partial charge in [0.15, 0.2) is 5.13 Å². The number of rotatable bonds is 6. The summed E-state index contributed by atoms with van der Waals surface area (Å²) in [4.78, 5) is 5.60. The number of nitrogens with two attached hydrogens (primary N) is 1. The minimum atomic E-state index is 0.00320.